The molecular weight excluding hydrogens is 216 g/mol. The first kappa shape index (κ1) is 13.4. The first-order valence-electron chi connectivity index (χ1n) is 5.91. The average Bonchev–Trinajstić information content (AvgIpc) is 2.34. The molecule has 0 spiro atoms. The molecule has 1 aromatic heterocycles. The normalized spacial score (nSPS) is 10.4. The minimum absolute atomic E-state index is 0.163. The molecule has 0 unspecified atom stereocenters. The summed E-state index contributed by atoms with van der Waals surface area (Å²) in [5, 5.41) is 5.68. The van der Waals surface area contributed by atoms with E-state index in [0.717, 1.165) is 12.8 Å². The second kappa shape index (κ2) is 6.83. The predicted octanol–water partition coefficient (Wildman–Crippen LogP) is 1.68. The summed E-state index contributed by atoms with van der Waals surface area (Å²) in [6.07, 6.45) is 5.13. The van der Waals surface area contributed by atoms with Crippen LogP contribution in [0.5, 0.6) is 0 Å². The molecule has 2 N–H and O–H groups in total. The molecule has 94 valence electrons. The zero-order valence-electron chi connectivity index (χ0n) is 10.7. The van der Waals surface area contributed by atoms with Crippen LogP contribution in [-0.2, 0) is 0 Å². The third-order valence-corrected chi connectivity index (χ3v) is 2.38. The number of amides is 1. The van der Waals surface area contributed by atoms with Gasteiger partial charge < -0.3 is 10.6 Å². The number of anilines is 1. The van der Waals surface area contributed by atoms with E-state index in [1.165, 1.54) is 6.20 Å². The molecule has 1 aromatic rings. The van der Waals surface area contributed by atoms with Crippen LogP contribution in [0.1, 0.15) is 37.2 Å². The van der Waals surface area contributed by atoms with E-state index < -0.39 is 0 Å². The molecule has 0 aliphatic carbocycles. The van der Waals surface area contributed by atoms with Gasteiger partial charge in [-0.25, -0.2) is 9.97 Å². The molecule has 0 fully saturated rings. The van der Waals surface area contributed by atoms with Gasteiger partial charge in [0.25, 0.3) is 5.91 Å². The fraction of sp³-hybridized carbons (Fsp3) is 0.583. The van der Waals surface area contributed by atoms with Crippen LogP contribution in [0.3, 0.4) is 0 Å². The van der Waals surface area contributed by atoms with Crippen molar-refractivity contribution in [3.63, 3.8) is 0 Å². The quantitative estimate of drug-likeness (QED) is 0.737. The van der Waals surface area contributed by atoms with E-state index in [2.05, 4.69) is 34.4 Å². The zero-order valence-corrected chi connectivity index (χ0v) is 10.7. The third-order valence-electron chi connectivity index (χ3n) is 2.38. The molecule has 0 saturated carbocycles. The van der Waals surface area contributed by atoms with Crippen LogP contribution in [0.25, 0.3) is 0 Å². The lowest BCUT2D eigenvalue weighted by molar-refractivity contribution is 0.0947. The molecule has 0 aromatic carbocycles. The lowest BCUT2D eigenvalue weighted by atomic mass is 10.1. The summed E-state index contributed by atoms with van der Waals surface area (Å²) >= 11 is 0. The lowest BCUT2D eigenvalue weighted by Gasteiger charge is -2.06. The van der Waals surface area contributed by atoms with Gasteiger partial charge in [-0.3, -0.25) is 4.79 Å². The zero-order chi connectivity index (χ0) is 12.7. The largest absolute Gasteiger partial charge is 0.372 e. The van der Waals surface area contributed by atoms with Crippen molar-refractivity contribution in [3.8, 4) is 0 Å². The van der Waals surface area contributed by atoms with Crippen molar-refractivity contribution in [1.82, 2.24) is 15.3 Å². The fourth-order valence-electron chi connectivity index (χ4n) is 1.38. The van der Waals surface area contributed by atoms with Crippen molar-refractivity contribution in [2.24, 2.45) is 5.92 Å². The summed E-state index contributed by atoms with van der Waals surface area (Å²) in [5.74, 6) is 1.16. The Hall–Kier alpha value is -1.65. The van der Waals surface area contributed by atoms with Gasteiger partial charge >= 0.3 is 0 Å². The van der Waals surface area contributed by atoms with Crippen LogP contribution in [-0.4, -0.2) is 29.5 Å². The van der Waals surface area contributed by atoms with E-state index in [1.807, 2.05) is 0 Å². The van der Waals surface area contributed by atoms with Crippen LogP contribution >= 0.6 is 0 Å². The highest BCUT2D eigenvalue weighted by Gasteiger charge is 2.06. The number of hydrogen-bond donors (Lipinski definition) is 2. The predicted molar refractivity (Wildman–Crippen MR) is 68.0 cm³/mol. The highest BCUT2D eigenvalue weighted by Crippen LogP contribution is 2.02. The van der Waals surface area contributed by atoms with Gasteiger partial charge in [-0.05, 0) is 18.8 Å². The van der Waals surface area contributed by atoms with Gasteiger partial charge in [-0.2, -0.15) is 0 Å². The molecule has 1 amide bonds. The Morgan fingerprint density at radius 3 is 2.65 bits per heavy atom. The van der Waals surface area contributed by atoms with E-state index in [-0.39, 0.29) is 5.91 Å². The van der Waals surface area contributed by atoms with Crippen molar-refractivity contribution in [1.29, 1.82) is 0 Å². The molecule has 17 heavy (non-hydrogen) atoms. The molecule has 5 heteroatoms. The van der Waals surface area contributed by atoms with Crippen molar-refractivity contribution in [3.05, 3.63) is 18.1 Å². The Morgan fingerprint density at radius 2 is 2.12 bits per heavy atom. The fourth-order valence-corrected chi connectivity index (χ4v) is 1.38. The summed E-state index contributed by atoms with van der Waals surface area (Å²) < 4.78 is 0. The number of aromatic nitrogens is 2. The lowest BCUT2D eigenvalue weighted by Crippen LogP contribution is -2.25. The molecule has 0 bridgehead atoms. The number of nitrogens with zero attached hydrogens (tertiary/aromatic N) is 2. The maximum absolute atomic E-state index is 11.7. The van der Waals surface area contributed by atoms with Gasteiger partial charge in [-0.15, -0.1) is 0 Å². The Balaban J connectivity index is 2.36. The average molecular weight is 236 g/mol. The van der Waals surface area contributed by atoms with Gasteiger partial charge in [-0.1, -0.05) is 13.8 Å². The molecule has 1 rings (SSSR count). The molecule has 0 aliphatic rings. The molecule has 0 radical (unpaired) electrons. The van der Waals surface area contributed by atoms with Gasteiger partial charge in [0.1, 0.15) is 11.5 Å². The van der Waals surface area contributed by atoms with E-state index >= 15 is 0 Å². The first-order valence-corrected chi connectivity index (χ1v) is 5.91. The summed E-state index contributed by atoms with van der Waals surface area (Å²) in [6.45, 7) is 5.03. The monoisotopic (exact) mass is 236 g/mol. The molecule has 0 atom stereocenters. The van der Waals surface area contributed by atoms with Gasteiger partial charge in [0.05, 0.1) is 12.4 Å². The highest BCUT2D eigenvalue weighted by atomic mass is 16.1. The highest BCUT2D eigenvalue weighted by molar-refractivity contribution is 5.91. The number of carbonyl (C=O) groups excluding carboxylic acids is 1. The number of carbonyl (C=O) groups is 1. The van der Waals surface area contributed by atoms with Crippen LogP contribution in [0, 0.1) is 5.92 Å². The first-order chi connectivity index (χ1) is 8.13. The van der Waals surface area contributed by atoms with Crippen molar-refractivity contribution in [2.45, 2.75) is 26.7 Å². The summed E-state index contributed by atoms with van der Waals surface area (Å²) in [7, 11) is 1.76. The molecular formula is C12H20N4O. The smallest absolute Gasteiger partial charge is 0.271 e. The van der Waals surface area contributed by atoms with Gasteiger partial charge in [0.2, 0.25) is 0 Å². The second-order valence-electron chi connectivity index (χ2n) is 4.33. The molecule has 1 heterocycles. The third kappa shape index (κ3) is 4.80. The number of nitrogens with one attached hydrogen (secondary N) is 2. The maximum atomic E-state index is 11.7. The van der Waals surface area contributed by atoms with Crippen molar-refractivity contribution >= 4 is 11.7 Å². The Morgan fingerprint density at radius 1 is 1.35 bits per heavy atom. The van der Waals surface area contributed by atoms with Crippen LogP contribution in [0.2, 0.25) is 0 Å². The standard InChI is InChI=1S/C12H20N4O/c1-9(2)5-4-6-14-12(17)10-7-16-11(13-3)8-15-10/h7-9H,4-6H2,1-3H3,(H,13,16)(H,14,17). The second-order valence-corrected chi connectivity index (χ2v) is 4.33. The summed E-state index contributed by atoms with van der Waals surface area (Å²) in [5.41, 5.74) is 0.355. The molecule has 0 aliphatic heterocycles. The van der Waals surface area contributed by atoms with Crippen LogP contribution in [0.15, 0.2) is 12.4 Å². The van der Waals surface area contributed by atoms with Crippen LogP contribution in [0.4, 0.5) is 5.82 Å². The van der Waals surface area contributed by atoms with E-state index in [4.69, 9.17) is 0 Å². The van der Waals surface area contributed by atoms with Crippen LogP contribution < -0.4 is 10.6 Å². The summed E-state index contributed by atoms with van der Waals surface area (Å²) in [4.78, 5) is 19.7. The van der Waals surface area contributed by atoms with Gasteiger partial charge in [0.15, 0.2) is 0 Å². The van der Waals surface area contributed by atoms with Crippen molar-refractivity contribution < 1.29 is 4.79 Å². The van der Waals surface area contributed by atoms with Gasteiger partial charge in [0, 0.05) is 13.6 Å². The molecule has 5 nitrogen and oxygen atoms in total. The summed E-state index contributed by atoms with van der Waals surface area (Å²) in [6, 6.07) is 0. The van der Waals surface area contributed by atoms with E-state index in [0.29, 0.717) is 24.0 Å². The topological polar surface area (TPSA) is 66.9 Å². The SMILES string of the molecule is CNc1cnc(C(=O)NCCCC(C)C)cn1. The van der Waals surface area contributed by atoms with E-state index in [9.17, 15) is 4.79 Å². The Kier molecular flexibility index (Phi) is 5.39. The Bertz CT molecular complexity index is 348. The Labute approximate surface area is 102 Å². The maximum Gasteiger partial charge on any atom is 0.271 e. The van der Waals surface area contributed by atoms with E-state index in [1.54, 1.807) is 13.2 Å². The minimum atomic E-state index is -0.163. The minimum Gasteiger partial charge on any atom is -0.372 e. The number of rotatable bonds is 6. The molecule has 0 saturated heterocycles. The van der Waals surface area contributed by atoms with Crippen molar-refractivity contribution in [2.75, 3.05) is 18.9 Å². The number of hydrogen-bond acceptors (Lipinski definition) is 4.